The summed E-state index contributed by atoms with van der Waals surface area (Å²) in [6, 6.07) is 0. The Labute approximate surface area is 118 Å². The Hall–Kier alpha value is -1.03. The van der Waals surface area contributed by atoms with Gasteiger partial charge in [-0.15, -0.1) is 6.58 Å². The predicted molar refractivity (Wildman–Crippen MR) is 83.6 cm³/mol. The Kier molecular flexibility index (Phi) is 8.30. The zero-order chi connectivity index (χ0) is 13.9. The summed E-state index contributed by atoms with van der Waals surface area (Å²) in [7, 11) is 0. The molecule has 110 valence electrons. The van der Waals surface area contributed by atoms with Crippen LogP contribution in [0.25, 0.3) is 0 Å². The number of nitrogens with one attached hydrogen (secondary N) is 2. The number of aliphatic imine (C=N–C) groups is 1. The molecule has 4 heteroatoms. The number of hydrogen-bond donors (Lipinski definition) is 2. The van der Waals surface area contributed by atoms with E-state index in [0.29, 0.717) is 0 Å². The zero-order valence-electron chi connectivity index (χ0n) is 12.6. The highest BCUT2D eigenvalue weighted by molar-refractivity contribution is 5.79. The fourth-order valence-electron chi connectivity index (χ4n) is 2.49. The smallest absolute Gasteiger partial charge is 0.191 e. The number of piperidine rings is 1. The van der Waals surface area contributed by atoms with Crippen LogP contribution >= 0.6 is 0 Å². The van der Waals surface area contributed by atoms with Crippen molar-refractivity contribution in [2.75, 3.05) is 39.3 Å². The van der Waals surface area contributed by atoms with Crippen molar-refractivity contribution < 1.29 is 0 Å². The minimum absolute atomic E-state index is 0.759. The molecule has 1 unspecified atom stereocenters. The summed E-state index contributed by atoms with van der Waals surface area (Å²) in [6.07, 6.45) is 5.73. The molecule has 0 amide bonds. The molecule has 0 bridgehead atoms. The molecular weight excluding hydrogens is 236 g/mol. The average molecular weight is 266 g/mol. The van der Waals surface area contributed by atoms with Crippen molar-refractivity contribution in [1.29, 1.82) is 0 Å². The van der Waals surface area contributed by atoms with Crippen molar-refractivity contribution in [3.63, 3.8) is 0 Å². The second kappa shape index (κ2) is 9.84. The largest absolute Gasteiger partial charge is 0.357 e. The maximum absolute atomic E-state index is 4.57. The van der Waals surface area contributed by atoms with Gasteiger partial charge in [0.1, 0.15) is 0 Å². The van der Waals surface area contributed by atoms with Crippen LogP contribution in [0.4, 0.5) is 0 Å². The molecule has 1 heterocycles. The lowest BCUT2D eigenvalue weighted by Gasteiger charge is -2.30. The molecule has 2 N–H and O–H groups in total. The lowest BCUT2D eigenvalue weighted by Crippen LogP contribution is -2.38. The third-order valence-corrected chi connectivity index (χ3v) is 3.40. The minimum Gasteiger partial charge on any atom is -0.357 e. The van der Waals surface area contributed by atoms with Crippen LogP contribution in [0, 0.1) is 5.92 Å². The third-order valence-electron chi connectivity index (χ3n) is 3.40. The molecule has 1 atom stereocenters. The molecule has 0 radical (unpaired) electrons. The van der Waals surface area contributed by atoms with Gasteiger partial charge in [-0.1, -0.05) is 13.0 Å². The minimum atomic E-state index is 0.759. The van der Waals surface area contributed by atoms with Gasteiger partial charge in [0, 0.05) is 26.2 Å². The van der Waals surface area contributed by atoms with Crippen molar-refractivity contribution in [3.8, 4) is 0 Å². The van der Waals surface area contributed by atoms with Crippen LogP contribution in [-0.4, -0.2) is 50.1 Å². The Balaban J connectivity index is 2.20. The van der Waals surface area contributed by atoms with Crippen molar-refractivity contribution in [3.05, 3.63) is 12.7 Å². The van der Waals surface area contributed by atoms with E-state index in [4.69, 9.17) is 0 Å². The standard InChI is InChI=1S/C15H30N4/c1-4-9-17-15(16-5-2)18-10-7-12-19-11-6-8-14(3)13-19/h4,14H,1,5-13H2,2-3H3,(H2,16,17,18). The maximum Gasteiger partial charge on any atom is 0.191 e. The van der Waals surface area contributed by atoms with Crippen molar-refractivity contribution in [1.82, 2.24) is 15.5 Å². The first-order valence-corrected chi connectivity index (χ1v) is 7.61. The summed E-state index contributed by atoms with van der Waals surface area (Å²) < 4.78 is 0. The summed E-state index contributed by atoms with van der Waals surface area (Å²) in [5.41, 5.74) is 0. The first kappa shape index (κ1) is 16.0. The molecule has 0 aromatic heterocycles. The molecule has 4 nitrogen and oxygen atoms in total. The molecule has 0 aromatic rings. The summed E-state index contributed by atoms with van der Waals surface area (Å²) in [6.45, 7) is 14.4. The average Bonchev–Trinajstić information content (AvgIpc) is 2.41. The number of hydrogen-bond acceptors (Lipinski definition) is 2. The van der Waals surface area contributed by atoms with Gasteiger partial charge in [0.15, 0.2) is 5.96 Å². The van der Waals surface area contributed by atoms with Crippen molar-refractivity contribution >= 4 is 5.96 Å². The van der Waals surface area contributed by atoms with E-state index in [2.05, 4.69) is 41.0 Å². The van der Waals surface area contributed by atoms with Crippen LogP contribution in [0.3, 0.4) is 0 Å². The van der Waals surface area contributed by atoms with E-state index in [9.17, 15) is 0 Å². The first-order chi connectivity index (χ1) is 9.26. The van der Waals surface area contributed by atoms with Gasteiger partial charge < -0.3 is 15.5 Å². The van der Waals surface area contributed by atoms with E-state index in [0.717, 1.165) is 37.9 Å². The highest BCUT2D eigenvalue weighted by Crippen LogP contribution is 2.15. The fraction of sp³-hybridized carbons (Fsp3) is 0.800. The molecule has 0 saturated carbocycles. The number of guanidine groups is 1. The zero-order valence-corrected chi connectivity index (χ0v) is 12.6. The molecular formula is C15H30N4. The summed E-state index contributed by atoms with van der Waals surface area (Å²) in [4.78, 5) is 7.15. The predicted octanol–water partition coefficient (Wildman–Crippen LogP) is 1.85. The van der Waals surface area contributed by atoms with Gasteiger partial charge >= 0.3 is 0 Å². The first-order valence-electron chi connectivity index (χ1n) is 7.61. The van der Waals surface area contributed by atoms with E-state index in [1.54, 1.807) is 0 Å². The SMILES string of the molecule is C=CCNC(=NCCCN1CCCC(C)C1)NCC. The van der Waals surface area contributed by atoms with E-state index >= 15 is 0 Å². The van der Waals surface area contributed by atoms with Crippen molar-refractivity contribution in [2.45, 2.75) is 33.1 Å². The molecule has 1 fully saturated rings. The van der Waals surface area contributed by atoms with Crippen LogP contribution in [-0.2, 0) is 0 Å². The van der Waals surface area contributed by atoms with Gasteiger partial charge in [0.25, 0.3) is 0 Å². The van der Waals surface area contributed by atoms with Crippen LogP contribution < -0.4 is 10.6 Å². The molecule has 1 rings (SSSR count). The molecule has 1 aliphatic heterocycles. The molecule has 1 saturated heterocycles. The van der Waals surface area contributed by atoms with Crippen molar-refractivity contribution in [2.24, 2.45) is 10.9 Å². The summed E-state index contributed by atoms with van der Waals surface area (Å²) in [5.74, 6) is 1.76. The molecule has 0 aliphatic carbocycles. The molecule has 19 heavy (non-hydrogen) atoms. The Morgan fingerprint density at radius 3 is 3.00 bits per heavy atom. The van der Waals surface area contributed by atoms with E-state index < -0.39 is 0 Å². The van der Waals surface area contributed by atoms with Crippen LogP contribution in [0.15, 0.2) is 17.6 Å². The normalized spacial score (nSPS) is 21.2. The maximum atomic E-state index is 4.57. The lowest BCUT2D eigenvalue weighted by atomic mass is 10.0. The van der Waals surface area contributed by atoms with Gasteiger partial charge in [0.05, 0.1) is 0 Å². The molecule has 0 aromatic carbocycles. The lowest BCUT2D eigenvalue weighted by molar-refractivity contribution is 0.183. The Morgan fingerprint density at radius 2 is 2.32 bits per heavy atom. The highest BCUT2D eigenvalue weighted by atomic mass is 15.2. The molecule has 0 spiro atoms. The Bertz CT molecular complexity index is 275. The van der Waals surface area contributed by atoms with E-state index in [1.807, 2.05) is 6.08 Å². The van der Waals surface area contributed by atoms with Crippen LogP contribution in [0.5, 0.6) is 0 Å². The molecule has 1 aliphatic rings. The van der Waals surface area contributed by atoms with Crippen LogP contribution in [0.1, 0.15) is 33.1 Å². The van der Waals surface area contributed by atoms with E-state index in [1.165, 1.54) is 32.5 Å². The second-order valence-electron chi connectivity index (χ2n) is 5.33. The van der Waals surface area contributed by atoms with Gasteiger partial charge in [-0.05, 0) is 45.2 Å². The van der Waals surface area contributed by atoms with Crippen LogP contribution in [0.2, 0.25) is 0 Å². The second-order valence-corrected chi connectivity index (χ2v) is 5.33. The van der Waals surface area contributed by atoms with Gasteiger partial charge in [0.2, 0.25) is 0 Å². The third kappa shape index (κ3) is 7.21. The monoisotopic (exact) mass is 266 g/mol. The van der Waals surface area contributed by atoms with E-state index in [-0.39, 0.29) is 0 Å². The van der Waals surface area contributed by atoms with Gasteiger partial charge in [-0.25, -0.2) is 0 Å². The number of likely N-dealkylation sites (tertiary alicyclic amines) is 1. The number of rotatable bonds is 7. The summed E-state index contributed by atoms with van der Waals surface area (Å²) in [5, 5.41) is 6.46. The Morgan fingerprint density at radius 1 is 1.47 bits per heavy atom. The quantitative estimate of drug-likeness (QED) is 0.320. The fourth-order valence-corrected chi connectivity index (χ4v) is 2.49. The van der Waals surface area contributed by atoms with Gasteiger partial charge in [-0.2, -0.15) is 0 Å². The highest BCUT2D eigenvalue weighted by Gasteiger charge is 2.15. The topological polar surface area (TPSA) is 39.7 Å². The van der Waals surface area contributed by atoms with Gasteiger partial charge in [-0.3, -0.25) is 4.99 Å². The number of nitrogens with zero attached hydrogens (tertiary/aromatic N) is 2. The summed E-state index contributed by atoms with van der Waals surface area (Å²) >= 11 is 0.